The number of hydrogen-bond acceptors (Lipinski definition) is 5. The maximum absolute atomic E-state index is 11.5. The van der Waals surface area contributed by atoms with Crippen molar-refractivity contribution in [1.29, 1.82) is 0 Å². The third kappa shape index (κ3) is 15.8. The number of rotatable bonds is 14. The van der Waals surface area contributed by atoms with Crippen LogP contribution in [0.4, 0.5) is 0 Å². The number of aliphatic carboxylic acids is 2. The second-order valence-corrected chi connectivity index (χ2v) is 5.59. The predicted octanol–water partition coefficient (Wildman–Crippen LogP) is 0.280. The number of carbonyl (C=O) groups is 3. The van der Waals surface area contributed by atoms with Crippen LogP contribution >= 0.6 is 0 Å². The van der Waals surface area contributed by atoms with Crippen LogP contribution in [0.15, 0.2) is 0 Å². The van der Waals surface area contributed by atoms with E-state index in [1.807, 2.05) is 0 Å². The molecule has 0 aromatic heterocycles. The number of amides is 1. The van der Waals surface area contributed by atoms with Crippen LogP contribution in [-0.4, -0.2) is 23.9 Å². The van der Waals surface area contributed by atoms with E-state index in [0.29, 0.717) is 6.42 Å². The maximum Gasteiger partial charge on any atom is 0.220 e. The first-order valence-electron chi connectivity index (χ1n) is 8.17. The Hall–Kier alpha value is -0.850. The Morgan fingerprint density at radius 3 is 1.78 bits per heavy atom. The van der Waals surface area contributed by atoms with Gasteiger partial charge in [-0.1, -0.05) is 58.3 Å². The van der Waals surface area contributed by atoms with Crippen molar-refractivity contribution in [2.24, 2.45) is 0 Å². The minimum absolute atomic E-state index is 0. The average Bonchev–Trinajstić information content (AvgIpc) is 2.44. The fraction of sp³-hybridized carbons (Fsp3) is 0.812. The van der Waals surface area contributed by atoms with Crippen LogP contribution in [0.1, 0.15) is 77.6 Å². The molecule has 1 radical (unpaired) electrons. The van der Waals surface area contributed by atoms with E-state index in [9.17, 15) is 24.6 Å². The zero-order valence-corrected chi connectivity index (χ0v) is 15.2. The molecule has 1 atom stereocenters. The van der Waals surface area contributed by atoms with Crippen molar-refractivity contribution in [3.05, 3.63) is 0 Å². The van der Waals surface area contributed by atoms with Crippen molar-refractivity contribution in [1.82, 2.24) is 5.32 Å². The Bertz CT molecular complexity index is 349. The largest absolute Gasteiger partial charge is 0.550 e. The molecule has 0 aliphatic heterocycles. The van der Waals surface area contributed by atoms with Crippen molar-refractivity contribution in [2.45, 2.75) is 83.6 Å². The van der Waals surface area contributed by atoms with Gasteiger partial charge in [-0.3, -0.25) is 4.79 Å². The first-order valence-corrected chi connectivity index (χ1v) is 8.17. The van der Waals surface area contributed by atoms with Crippen LogP contribution < -0.4 is 15.5 Å². The molecule has 0 saturated carbocycles. The summed E-state index contributed by atoms with van der Waals surface area (Å²) in [7, 11) is 0. The van der Waals surface area contributed by atoms with Crippen LogP contribution in [0.3, 0.4) is 0 Å². The van der Waals surface area contributed by atoms with Gasteiger partial charge in [-0.25, -0.2) is 0 Å². The fourth-order valence-electron chi connectivity index (χ4n) is 2.22. The molecule has 0 saturated heterocycles. The Balaban J connectivity index is 0. The third-order valence-corrected chi connectivity index (χ3v) is 3.50. The van der Waals surface area contributed by atoms with Gasteiger partial charge in [-0.15, -0.1) is 0 Å². The van der Waals surface area contributed by atoms with E-state index in [-0.39, 0.29) is 28.8 Å². The topological polar surface area (TPSA) is 109 Å². The molecule has 0 aromatic rings. The van der Waals surface area contributed by atoms with Crippen molar-refractivity contribution < 1.29 is 47.0 Å². The van der Waals surface area contributed by atoms with E-state index in [2.05, 4.69) is 12.2 Å². The van der Waals surface area contributed by atoms with Crippen molar-refractivity contribution in [2.75, 3.05) is 0 Å². The van der Waals surface area contributed by atoms with Gasteiger partial charge in [0.2, 0.25) is 5.91 Å². The number of carboxylic acid groups (broad SMARTS) is 2. The standard InChI is InChI=1S/C16H29NO5.Ag/c1-2-3-4-5-6-7-8-9-10-11-14(18)17-13(16(21)22)12-15(19)20;/h13H,2-12H2,1H3,(H,17,18)(H,19,20)(H,21,22);/p-2/t13-;/m0./s1. The molecule has 23 heavy (non-hydrogen) atoms. The SMILES string of the molecule is CCCCCCCCCCCC(=O)N[C@@H](CC(=O)[O-])C(=O)[O-].[Ag]. The van der Waals surface area contributed by atoms with E-state index in [1.165, 1.54) is 32.1 Å². The zero-order valence-electron chi connectivity index (χ0n) is 13.7. The summed E-state index contributed by atoms with van der Waals surface area (Å²) < 4.78 is 0. The second-order valence-electron chi connectivity index (χ2n) is 5.59. The molecule has 0 aliphatic carbocycles. The summed E-state index contributed by atoms with van der Waals surface area (Å²) in [6.45, 7) is 2.18. The van der Waals surface area contributed by atoms with E-state index >= 15 is 0 Å². The zero-order chi connectivity index (χ0) is 16.8. The summed E-state index contributed by atoms with van der Waals surface area (Å²) in [6.07, 6.45) is 9.49. The van der Waals surface area contributed by atoms with E-state index in [1.54, 1.807) is 0 Å². The molecule has 0 spiro atoms. The number of nitrogens with one attached hydrogen (secondary N) is 1. The number of hydrogen-bond donors (Lipinski definition) is 1. The molecule has 7 heteroatoms. The Kier molecular flexibility index (Phi) is 17.0. The minimum Gasteiger partial charge on any atom is -0.550 e. The van der Waals surface area contributed by atoms with Gasteiger partial charge in [0, 0.05) is 41.2 Å². The predicted molar refractivity (Wildman–Crippen MR) is 78.4 cm³/mol. The van der Waals surface area contributed by atoms with Gasteiger partial charge in [-0.05, 0) is 6.42 Å². The van der Waals surface area contributed by atoms with E-state index in [0.717, 1.165) is 19.3 Å². The maximum atomic E-state index is 11.5. The van der Waals surface area contributed by atoms with Gasteiger partial charge in [0.1, 0.15) is 0 Å². The molecule has 0 bridgehead atoms. The summed E-state index contributed by atoms with van der Waals surface area (Å²) >= 11 is 0. The second kappa shape index (κ2) is 16.0. The van der Waals surface area contributed by atoms with Crippen molar-refractivity contribution >= 4 is 17.8 Å². The molecule has 139 valence electrons. The molecule has 1 amide bonds. The van der Waals surface area contributed by atoms with Gasteiger partial charge in [-0.2, -0.15) is 0 Å². The van der Waals surface area contributed by atoms with Crippen LogP contribution in [0.2, 0.25) is 0 Å². The molecular weight excluding hydrogens is 394 g/mol. The summed E-state index contributed by atoms with van der Waals surface area (Å²) in [4.78, 5) is 32.6. The minimum atomic E-state index is -1.61. The molecule has 0 heterocycles. The number of unbranched alkanes of at least 4 members (excludes halogenated alkanes) is 8. The summed E-state index contributed by atoms with van der Waals surface area (Å²) in [5.74, 6) is -3.60. The summed E-state index contributed by atoms with van der Waals surface area (Å²) in [5.41, 5.74) is 0. The van der Waals surface area contributed by atoms with Crippen LogP contribution in [0.5, 0.6) is 0 Å². The molecule has 0 unspecified atom stereocenters. The van der Waals surface area contributed by atoms with E-state index in [4.69, 9.17) is 0 Å². The third-order valence-electron chi connectivity index (χ3n) is 3.50. The summed E-state index contributed by atoms with van der Waals surface area (Å²) in [6, 6.07) is -1.52. The fourth-order valence-corrected chi connectivity index (χ4v) is 2.22. The van der Waals surface area contributed by atoms with Gasteiger partial charge in [0.05, 0.1) is 12.0 Å². The normalized spacial score (nSPS) is 11.3. The van der Waals surface area contributed by atoms with Gasteiger partial charge in [0.15, 0.2) is 0 Å². The molecule has 1 N–H and O–H groups in total. The van der Waals surface area contributed by atoms with Crippen molar-refractivity contribution in [3.63, 3.8) is 0 Å². The quantitative estimate of drug-likeness (QED) is 0.320. The first kappa shape index (κ1) is 24.4. The molecule has 0 rings (SSSR count). The van der Waals surface area contributed by atoms with Gasteiger partial charge >= 0.3 is 0 Å². The van der Waals surface area contributed by atoms with Crippen LogP contribution in [0.25, 0.3) is 0 Å². The summed E-state index contributed by atoms with van der Waals surface area (Å²) in [5, 5.41) is 23.2. The monoisotopic (exact) mass is 420 g/mol. The average molecular weight is 421 g/mol. The molecule has 6 nitrogen and oxygen atoms in total. The molecule has 0 aliphatic rings. The van der Waals surface area contributed by atoms with Crippen LogP contribution in [-0.2, 0) is 36.8 Å². The molecule has 0 aromatic carbocycles. The first-order chi connectivity index (χ1) is 10.5. The number of carboxylic acids is 2. The Morgan fingerprint density at radius 2 is 1.35 bits per heavy atom. The van der Waals surface area contributed by atoms with Crippen molar-refractivity contribution in [3.8, 4) is 0 Å². The Morgan fingerprint density at radius 1 is 0.870 bits per heavy atom. The van der Waals surface area contributed by atoms with E-state index < -0.39 is 30.3 Å². The Labute approximate surface area is 153 Å². The smallest absolute Gasteiger partial charge is 0.220 e. The number of carbonyl (C=O) groups excluding carboxylic acids is 3. The van der Waals surface area contributed by atoms with Gasteiger partial charge in [0.25, 0.3) is 0 Å². The molecular formula is C16H27AgNO5-2. The van der Waals surface area contributed by atoms with Gasteiger partial charge < -0.3 is 25.1 Å². The molecule has 0 fully saturated rings. The van der Waals surface area contributed by atoms with Crippen LogP contribution in [0, 0.1) is 0 Å².